The molecule has 0 bridgehead atoms. The fraction of sp³-hybridized carbons (Fsp3) is 0.400. The fourth-order valence-corrected chi connectivity index (χ4v) is 4.37. The quantitative estimate of drug-likeness (QED) is 0.212. The molecule has 2 atom stereocenters. The largest absolute Gasteiger partial charge is 0.508 e. The van der Waals surface area contributed by atoms with E-state index in [4.69, 9.17) is 4.74 Å². The van der Waals surface area contributed by atoms with Gasteiger partial charge in [-0.15, -0.1) is 0 Å². The third-order valence-electron chi connectivity index (χ3n) is 6.46. The number of nitrogens with one attached hydrogen (secondary N) is 1. The Morgan fingerprint density at radius 2 is 1.63 bits per heavy atom. The maximum absolute atomic E-state index is 10.6. The third-order valence-corrected chi connectivity index (χ3v) is 6.46. The number of aromatic hydroxyl groups is 3. The molecule has 0 aliphatic rings. The molecule has 3 aromatic carbocycles. The maximum Gasteiger partial charge on any atom is 0.161 e. The summed E-state index contributed by atoms with van der Waals surface area (Å²) in [6, 6.07) is 20.9. The molecule has 0 saturated carbocycles. The number of aryl methyl sites for hydroxylation is 1. The number of phenolic OH excluding ortho intramolecular Hbond substituents is 3. The van der Waals surface area contributed by atoms with Gasteiger partial charge in [-0.05, 0) is 67.5 Å². The van der Waals surface area contributed by atoms with E-state index in [9.17, 15) is 15.3 Å². The predicted molar refractivity (Wildman–Crippen MR) is 141 cm³/mol. The molecule has 0 saturated heterocycles. The zero-order chi connectivity index (χ0) is 25.0. The number of unbranched alkanes of at least 4 members (excludes halogenated alkanes) is 1. The summed E-state index contributed by atoms with van der Waals surface area (Å²) >= 11 is 0. The van der Waals surface area contributed by atoms with E-state index in [1.54, 1.807) is 18.2 Å². The van der Waals surface area contributed by atoms with Gasteiger partial charge in [0.15, 0.2) is 11.5 Å². The van der Waals surface area contributed by atoms with Gasteiger partial charge in [0.2, 0.25) is 0 Å². The number of phenols is 3. The van der Waals surface area contributed by atoms with Crippen molar-refractivity contribution in [2.24, 2.45) is 0 Å². The van der Waals surface area contributed by atoms with Crippen molar-refractivity contribution in [2.75, 3.05) is 13.2 Å². The van der Waals surface area contributed by atoms with E-state index < -0.39 is 0 Å². The first-order valence-corrected chi connectivity index (χ1v) is 12.7. The lowest BCUT2D eigenvalue weighted by Crippen LogP contribution is -2.32. The molecule has 35 heavy (non-hydrogen) atoms. The Hall–Kier alpha value is -3.02. The van der Waals surface area contributed by atoms with Gasteiger partial charge in [0.25, 0.3) is 0 Å². The van der Waals surface area contributed by atoms with E-state index in [0.717, 1.165) is 42.4 Å². The Morgan fingerprint density at radius 1 is 0.857 bits per heavy atom. The summed E-state index contributed by atoms with van der Waals surface area (Å²) in [6.07, 6.45) is 5.44. The van der Waals surface area contributed by atoms with Crippen molar-refractivity contribution in [3.05, 3.63) is 89.0 Å². The van der Waals surface area contributed by atoms with Crippen molar-refractivity contribution >= 4 is 0 Å². The monoisotopic (exact) mass is 477 g/mol. The summed E-state index contributed by atoms with van der Waals surface area (Å²) in [6.45, 7) is 5.66. The van der Waals surface area contributed by atoms with E-state index in [1.165, 1.54) is 5.56 Å². The van der Waals surface area contributed by atoms with E-state index in [-0.39, 0.29) is 29.4 Å². The van der Waals surface area contributed by atoms with Gasteiger partial charge < -0.3 is 25.4 Å². The molecule has 2 unspecified atom stereocenters. The molecule has 3 aromatic rings. The van der Waals surface area contributed by atoms with Crippen LogP contribution in [0.15, 0.2) is 66.7 Å². The average Bonchev–Trinajstić information content (AvgIpc) is 2.86. The van der Waals surface area contributed by atoms with Crippen LogP contribution in [0.1, 0.15) is 61.4 Å². The molecule has 188 valence electrons. The molecule has 0 aliphatic carbocycles. The first-order valence-electron chi connectivity index (χ1n) is 12.7. The summed E-state index contributed by atoms with van der Waals surface area (Å²) in [7, 11) is 0. The summed E-state index contributed by atoms with van der Waals surface area (Å²) in [5.74, 6) is 0.0400. The number of rotatable bonds is 14. The smallest absolute Gasteiger partial charge is 0.161 e. The van der Waals surface area contributed by atoms with Gasteiger partial charge >= 0.3 is 0 Å². The topological polar surface area (TPSA) is 82.0 Å². The highest BCUT2D eigenvalue weighted by molar-refractivity contribution is 5.50. The molecule has 4 N–H and O–H groups in total. The molecule has 5 nitrogen and oxygen atoms in total. The molecule has 0 radical (unpaired) electrons. The normalized spacial score (nSPS) is 13.0. The lowest BCUT2D eigenvalue weighted by atomic mass is 9.94. The predicted octanol–water partition coefficient (Wildman–Crippen LogP) is 6.06. The number of hydrogen-bond donors (Lipinski definition) is 4. The van der Waals surface area contributed by atoms with Crippen LogP contribution in [-0.4, -0.2) is 34.6 Å². The zero-order valence-corrected chi connectivity index (χ0v) is 20.9. The Morgan fingerprint density at radius 3 is 2.37 bits per heavy atom. The number of hydrogen-bond acceptors (Lipinski definition) is 5. The van der Waals surface area contributed by atoms with Gasteiger partial charge in [0, 0.05) is 18.2 Å². The van der Waals surface area contributed by atoms with Crippen LogP contribution >= 0.6 is 0 Å². The van der Waals surface area contributed by atoms with E-state index in [0.29, 0.717) is 26.0 Å². The second-order valence-electron chi connectivity index (χ2n) is 9.17. The molecule has 5 heteroatoms. The summed E-state index contributed by atoms with van der Waals surface area (Å²) in [4.78, 5) is 0. The standard InChI is InChI=1S/C30H39NO4/c1-3-4-13-26(35-19-18-23-9-6-5-7-10-23)21-31-22(2)27-16-17-29(33)30(34)28(27)15-14-24-11-8-12-25(32)20-24/h5-12,16-17,20,22,26,31-34H,3-4,13-15,18-19,21H2,1-2H3. The maximum atomic E-state index is 10.6. The molecule has 3 rings (SSSR count). The van der Waals surface area contributed by atoms with E-state index >= 15 is 0 Å². The summed E-state index contributed by atoms with van der Waals surface area (Å²) in [5.41, 5.74) is 3.94. The van der Waals surface area contributed by atoms with E-state index in [1.807, 2.05) is 24.3 Å². The minimum Gasteiger partial charge on any atom is -0.508 e. The van der Waals surface area contributed by atoms with Crippen molar-refractivity contribution in [1.82, 2.24) is 5.32 Å². The number of ether oxygens (including phenoxy) is 1. The summed E-state index contributed by atoms with van der Waals surface area (Å²) in [5, 5.41) is 34.1. The zero-order valence-electron chi connectivity index (χ0n) is 20.9. The highest BCUT2D eigenvalue weighted by Gasteiger charge is 2.18. The molecule has 0 heterocycles. The summed E-state index contributed by atoms with van der Waals surface area (Å²) < 4.78 is 6.25. The Kier molecular flexibility index (Phi) is 10.5. The third kappa shape index (κ3) is 8.30. The van der Waals surface area contributed by atoms with Crippen LogP contribution in [0.4, 0.5) is 0 Å². The SMILES string of the molecule is CCCCC(CNC(C)c1ccc(O)c(O)c1CCc1cccc(O)c1)OCCc1ccccc1. The lowest BCUT2D eigenvalue weighted by molar-refractivity contribution is 0.0464. The average molecular weight is 478 g/mol. The molecule has 0 aliphatic heterocycles. The van der Waals surface area contributed by atoms with Crippen molar-refractivity contribution in [1.29, 1.82) is 0 Å². The lowest BCUT2D eigenvalue weighted by Gasteiger charge is -2.24. The molecule has 0 spiro atoms. The van der Waals surface area contributed by atoms with Crippen LogP contribution in [0.3, 0.4) is 0 Å². The van der Waals surface area contributed by atoms with Gasteiger partial charge in [-0.1, -0.05) is 68.3 Å². The second-order valence-corrected chi connectivity index (χ2v) is 9.17. The van der Waals surface area contributed by atoms with Crippen LogP contribution in [0, 0.1) is 0 Å². The molecule has 0 aromatic heterocycles. The van der Waals surface area contributed by atoms with E-state index in [2.05, 4.69) is 43.4 Å². The van der Waals surface area contributed by atoms with Crippen LogP contribution in [0.5, 0.6) is 17.2 Å². The van der Waals surface area contributed by atoms with Crippen molar-refractivity contribution in [3.63, 3.8) is 0 Å². The van der Waals surface area contributed by atoms with Gasteiger partial charge in [-0.2, -0.15) is 0 Å². The highest BCUT2D eigenvalue weighted by atomic mass is 16.5. The second kappa shape index (κ2) is 13.8. The van der Waals surface area contributed by atoms with Gasteiger partial charge in [-0.3, -0.25) is 0 Å². The minimum atomic E-state index is -0.114. The van der Waals surface area contributed by atoms with Crippen LogP contribution in [0.2, 0.25) is 0 Å². The van der Waals surface area contributed by atoms with Crippen LogP contribution < -0.4 is 5.32 Å². The highest BCUT2D eigenvalue weighted by Crippen LogP contribution is 2.35. The van der Waals surface area contributed by atoms with Crippen molar-refractivity contribution in [3.8, 4) is 17.2 Å². The minimum absolute atomic E-state index is 0.0254. The number of benzene rings is 3. The molecular weight excluding hydrogens is 438 g/mol. The fourth-order valence-electron chi connectivity index (χ4n) is 4.37. The Bertz CT molecular complexity index is 1040. The first-order chi connectivity index (χ1) is 17.0. The van der Waals surface area contributed by atoms with Gasteiger partial charge in [-0.25, -0.2) is 0 Å². The Labute approximate surface area is 209 Å². The first kappa shape index (κ1) is 26.6. The van der Waals surface area contributed by atoms with Crippen molar-refractivity contribution < 1.29 is 20.1 Å². The van der Waals surface area contributed by atoms with Crippen LogP contribution in [0.25, 0.3) is 0 Å². The van der Waals surface area contributed by atoms with Crippen LogP contribution in [-0.2, 0) is 24.0 Å². The molecule has 0 fully saturated rings. The Balaban J connectivity index is 1.62. The molecular formula is C30H39NO4. The van der Waals surface area contributed by atoms with Gasteiger partial charge in [0.05, 0.1) is 12.7 Å². The molecule has 0 amide bonds. The van der Waals surface area contributed by atoms with Gasteiger partial charge in [0.1, 0.15) is 5.75 Å². The van der Waals surface area contributed by atoms with Crippen molar-refractivity contribution in [2.45, 2.75) is 64.5 Å².